The molecule has 0 unspecified atom stereocenters. The maximum atomic E-state index is 12.2. The lowest BCUT2D eigenvalue weighted by molar-refractivity contribution is -0.125. The number of para-hydroxylation sites is 1. The van der Waals surface area contributed by atoms with Crippen molar-refractivity contribution in [3.8, 4) is 0 Å². The van der Waals surface area contributed by atoms with Gasteiger partial charge in [-0.25, -0.2) is 9.78 Å². The predicted octanol–water partition coefficient (Wildman–Crippen LogP) is 3.33. The number of carbonyl (C=O) groups is 2. The number of fused-ring (bicyclic) bond motifs is 3. The minimum absolute atomic E-state index is 0.135. The Labute approximate surface area is 153 Å². The van der Waals surface area contributed by atoms with E-state index in [1.165, 1.54) is 25.7 Å². The standard InChI is InChI=1S/C21H24N2O3/c1-13(17-11-14-6-7-16(17)10-14)22-20(24)12-26-21(25)19-9-8-15-4-2-3-5-18(15)23-19/h2-5,8-9,13-14,16-17H,6-7,10-12H2,1H3,(H,22,24)/t13-,14+,16+,17+/m1/s1. The summed E-state index contributed by atoms with van der Waals surface area (Å²) in [5.41, 5.74) is 0.953. The lowest BCUT2D eigenvalue weighted by Gasteiger charge is -2.28. The molecule has 4 rings (SSSR count). The number of nitrogens with one attached hydrogen (secondary N) is 1. The molecule has 2 fully saturated rings. The van der Waals surface area contributed by atoms with Crippen LogP contribution in [0.5, 0.6) is 0 Å². The fourth-order valence-electron chi connectivity index (χ4n) is 4.69. The van der Waals surface area contributed by atoms with E-state index in [0.717, 1.165) is 22.7 Å². The Balaban J connectivity index is 1.30. The van der Waals surface area contributed by atoms with E-state index in [1.54, 1.807) is 6.07 Å². The van der Waals surface area contributed by atoms with Crippen LogP contribution in [-0.4, -0.2) is 29.5 Å². The molecule has 1 aromatic carbocycles. The lowest BCUT2D eigenvalue weighted by Crippen LogP contribution is -2.42. The van der Waals surface area contributed by atoms with Crippen molar-refractivity contribution in [1.82, 2.24) is 10.3 Å². The zero-order valence-electron chi connectivity index (χ0n) is 15.0. The lowest BCUT2D eigenvalue weighted by atomic mass is 9.84. The minimum atomic E-state index is -0.571. The van der Waals surface area contributed by atoms with Gasteiger partial charge in [-0.3, -0.25) is 4.79 Å². The van der Waals surface area contributed by atoms with Gasteiger partial charge in [-0.15, -0.1) is 0 Å². The van der Waals surface area contributed by atoms with Crippen LogP contribution < -0.4 is 5.32 Å². The van der Waals surface area contributed by atoms with Gasteiger partial charge in [-0.05, 0) is 56.1 Å². The first-order chi connectivity index (χ1) is 12.6. The smallest absolute Gasteiger partial charge is 0.357 e. The number of aromatic nitrogens is 1. The van der Waals surface area contributed by atoms with Crippen molar-refractivity contribution in [2.45, 2.75) is 38.6 Å². The van der Waals surface area contributed by atoms with Crippen LogP contribution in [-0.2, 0) is 9.53 Å². The van der Waals surface area contributed by atoms with Crippen molar-refractivity contribution in [3.05, 3.63) is 42.1 Å². The van der Waals surface area contributed by atoms with Gasteiger partial charge in [0.2, 0.25) is 0 Å². The molecule has 0 spiro atoms. The number of benzene rings is 1. The summed E-state index contributed by atoms with van der Waals surface area (Å²) < 4.78 is 5.15. The Bertz CT molecular complexity index is 835. The summed E-state index contributed by atoms with van der Waals surface area (Å²) in [6, 6.07) is 11.2. The van der Waals surface area contributed by atoms with Crippen molar-refractivity contribution >= 4 is 22.8 Å². The second kappa shape index (κ2) is 7.06. The van der Waals surface area contributed by atoms with Crippen molar-refractivity contribution < 1.29 is 14.3 Å². The summed E-state index contributed by atoms with van der Waals surface area (Å²) in [5.74, 6) is 1.35. The van der Waals surface area contributed by atoms with Gasteiger partial charge in [0, 0.05) is 11.4 Å². The van der Waals surface area contributed by atoms with Crippen molar-refractivity contribution in [1.29, 1.82) is 0 Å². The second-order valence-corrected chi connectivity index (χ2v) is 7.66. The maximum Gasteiger partial charge on any atom is 0.357 e. The number of nitrogens with zero attached hydrogens (tertiary/aromatic N) is 1. The number of hydrogen-bond acceptors (Lipinski definition) is 4. The van der Waals surface area contributed by atoms with Crippen LogP contribution in [0.1, 0.15) is 43.1 Å². The van der Waals surface area contributed by atoms with Crippen LogP contribution >= 0.6 is 0 Å². The molecule has 2 bridgehead atoms. The number of esters is 1. The molecule has 5 nitrogen and oxygen atoms in total. The molecule has 136 valence electrons. The van der Waals surface area contributed by atoms with E-state index in [4.69, 9.17) is 4.74 Å². The molecule has 2 aliphatic rings. The maximum absolute atomic E-state index is 12.2. The van der Waals surface area contributed by atoms with E-state index in [9.17, 15) is 9.59 Å². The molecule has 2 aromatic rings. The molecule has 1 aromatic heterocycles. The molecule has 5 heteroatoms. The largest absolute Gasteiger partial charge is 0.451 e. The van der Waals surface area contributed by atoms with Gasteiger partial charge >= 0.3 is 5.97 Å². The highest BCUT2D eigenvalue weighted by atomic mass is 16.5. The first kappa shape index (κ1) is 17.0. The molecule has 0 radical (unpaired) electrons. The summed E-state index contributed by atoms with van der Waals surface area (Å²) in [6.07, 6.45) is 5.16. The highest BCUT2D eigenvalue weighted by molar-refractivity contribution is 5.92. The summed E-state index contributed by atoms with van der Waals surface area (Å²) >= 11 is 0. The molecule has 0 saturated heterocycles. The number of ether oxygens (including phenoxy) is 1. The average molecular weight is 352 g/mol. The third-order valence-electron chi connectivity index (χ3n) is 5.97. The topological polar surface area (TPSA) is 68.3 Å². The summed E-state index contributed by atoms with van der Waals surface area (Å²) in [6.45, 7) is 1.80. The van der Waals surface area contributed by atoms with Gasteiger partial charge in [-0.1, -0.05) is 30.7 Å². The number of carbonyl (C=O) groups excluding carboxylic acids is 2. The van der Waals surface area contributed by atoms with E-state index in [-0.39, 0.29) is 24.2 Å². The second-order valence-electron chi connectivity index (χ2n) is 7.66. The quantitative estimate of drug-likeness (QED) is 0.838. The third-order valence-corrected chi connectivity index (χ3v) is 5.97. The van der Waals surface area contributed by atoms with Gasteiger partial charge in [0.05, 0.1) is 5.52 Å². The number of rotatable bonds is 5. The van der Waals surface area contributed by atoms with E-state index in [2.05, 4.69) is 17.2 Å². The van der Waals surface area contributed by atoms with E-state index in [1.807, 2.05) is 30.3 Å². The molecule has 1 N–H and O–H groups in total. The minimum Gasteiger partial charge on any atom is -0.451 e. The molecule has 4 atom stereocenters. The molecule has 1 amide bonds. The SMILES string of the molecule is C[C@@H](NC(=O)COC(=O)c1ccc2ccccc2n1)[C@@H]1C[C@H]2CC[C@H]1C2. The number of amides is 1. The fourth-order valence-corrected chi connectivity index (χ4v) is 4.69. The molecular weight excluding hydrogens is 328 g/mol. The van der Waals surface area contributed by atoms with Gasteiger partial charge in [0.15, 0.2) is 6.61 Å². The van der Waals surface area contributed by atoms with Crippen LogP contribution in [0, 0.1) is 17.8 Å². The molecule has 0 aliphatic heterocycles. The van der Waals surface area contributed by atoms with Crippen LogP contribution in [0.3, 0.4) is 0 Å². The molecule has 2 aliphatic carbocycles. The van der Waals surface area contributed by atoms with Crippen LogP contribution in [0.25, 0.3) is 10.9 Å². The highest BCUT2D eigenvalue weighted by Crippen LogP contribution is 2.49. The van der Waals surface area contributed by atoms with Crippen LogP contribution in [0.2, 0.25) is 0 Å². The molecule has 26 heavy (non-hydrogen) atoms. The first-order valence-corrected chi connectivity index (χ1v) is 9.42. The summed E-state index contributed by atoms with van der Waals surface area (Å²) in [4.78, 5) is 28.6. The Morgan fingerprint density at radius 3 is 2.81 bits per heavy atom. The fraction of sp³-hybridized carbons (Fsp3) is 0.476. The van der Waals surface area contributed by atoms with Gasteiger partial charge in [0.1, 0.15) is 5.69 Å². The monoisotopic (exact) mass is 352 g/mol. The Morgan fingerprint density at radius 1 is 1.19 bits per heavy atom. The normalized spacial score (nSPS) is 25.2. The van der Waals surface area contributed by atoms with Gasteiger partial charge in [-0.2, -0.15) is 0 Å². The summed E-state index contributed by atoms with van der Waals surface area (Å²) in [5, 5.41) is 3.97. The van der Waals surface area contributed by atoms with Gasteiger partial charge < -0.3 is 10.1 Å². The zero-order chi connectivity index (χ0) is 18.1. The van der Waals surface area contributed by atoms with Crippen molar-refractivity contribution in [2.75, 3.05) is 6.61 Å². The van der Waals surface area contributed by atoms with Crippen molar-refractivity contribution in [2.24, 2.45) is 17.8 Å². The average Bonchev–Trinajstić information content (AvgIpc) is 3.29. The zero-order valence-corrected chi connectivity index (χ0v) is 15.0. The predicted molar refractivity (Wildman–Crippen MR) is 98.6 cm³/mol. The first-order valence-electron chi connectivity index (χ1n) is 9.42. The molecule has 1 heterocycles. The van der Waals surface area contributed by atoms with E-state index >= 15 is 0 Å². The third kappa shape index (κ3) is 3.43. The summed E-state index contributed by atoms with van der Waals surface area (Å²) in [7, 11) is 0. The van der Waals surface area contributed by atoms with E-state index < -0.39 is 5.97 Å². The molecule has 2 saturated carbocycles. The Morgan fingerprint density at radius 2 is 2.04 bits per heavy atom. The Hall–Kier alpha value is -2.43. The van der Waals surface area contributed by atoms with E-state index in [0.29, 0.717) is 5.92 Å². The number of hydrogen-bond donors (Lipinski definition) is 1. The van der Waals surface area contributed by atoms with Crippen LogP contribution in [0.4, 0.5) is 0 Å². The van der Waals surface area contributed by atoms with Crippen LogP contribution in [0.15, 0.2) is 36.4 Å². The van der Waals surface area contributed by atoms with Gasteiger partial charge in [0.25, 0.3) is 5.91 Å². The Kier molecular flexibility index (Phi) is 4.62. The molecular formula is C21H24N2O3. The number of pyridine rings is 1. The van der Waals surface area contributed by atoms with Crippen molar-refractivity contribution in [3.63, 3.8) is 0 Å². The highest BCUT2D eigenvalue weighted by Gasteiger charge is 2.42.